The first-order valence-corrected chi connectivity index (χ1v) is 11.8. The molecule has 1 unspecified atom stereocenters. The molecule has 3 rings (SSSR count). The van der Waals surface area contributed by atoms with Crippen LogP contribution in [0.3, 0.4) is 0 Å². The molecule has 0 saturated carbocycles. The van der Waals surface area contributed by atoms with Crippen LogP contribution in [0.4, 0.5) is 0 Å². The molecule has 2 heterocycles. The van der Waals surface area contributed by atoms with Gasteiger partial charge in [-0.05, 0) is 37.9 Å². The largest absolute Gasteiger partial charge is 0.396 e. The Kier molecular flexibility index (Phi) is 6.45. The summed E-state index contributed by atoms with van der Waals surface area (Å²) in [4.78, 5) is 7.54. The van der Waals surface area contributed by atoms with Crippen molar-refractivity contribution >= 4 is 21.2 Å². The van der Waals surface area contributed by atoms with E-state index in [4.69, 9.17) is 4.98 Å². The monoisotopic (exact) mass is 394 g/mol. The summed E-state index contributed by atoms with van der Waals surface area (Å²) in [6.07, 6.45) is 6.87. The first kappa shape index (κ1) is 19.5. The zero-order valence-electron chi connectivity index (χ0n) is 15.1. The molecule has 1 fully saturated rings. The minimum atomic E-state index is -3.17. The predicted octanol–water partition coefficient (Wildman–Crippen LogP) is 3.34. The van der Waals surface area contributed by atoms with E-state index in [1.165, 1.54) is 25.5 Å². The van der Waals surface area contributed by atoms with Crippen LogP contribution in [0.5, 0.6) is 0 Å². The van der Waals surface area contributed by atoms with Crippen molar-refractivity contribution in [1.29, 1.82) is 0 Å². The second-order valence-corrected chi connectivity index (χ2v) is 9.80. The van der Waals surface area contributed by atoms with E-state index in [1.54, 1.807) is 23.5 Å². The summed E-state index contributed by atoms with van der Waals surface area (Å²) in [5, 5.41) is 12.3. The molecule has 1 saturated heterocycles. The SMILES string of the molecule is CS(=O)(=O)c1ccc(-c2nc(CN3CCCCCC3CCO)cs2)cc1. The lowest BCUT2D eigenvalue weighted by molar-refractivity contribution is 0.150. The summed E-state index contributed by atoms with van der Waals surface area (Å²) in [6, 6.07) is 7.34. The van der Waals surface area contributed by atoms with Crippen molar-refractivity contribution in [2.45, 2.75) is 49.6 Å². The van der Waals surface area contributed by atoms with Gasteiger partial charge in [-0.15, -0.1) is 11.3 Å². The van der Waals surface area contributed by atoms with Crippen LogP contribution in [-0.2, 0) is 16.4 Å². The minimum Gasteiger partial charge on any atom is -0.396 e. The molecule has 2 aromatic rings. The average molecular weight is 395 g/mol. The third-order valence-corrected chi connectivity index (χ3v) is 6.98. The number of aliphatic hydroxyl groups excluding tert-OH is 1. The van der Waals surface area contributed by atoms with Crippen LogP contribution in [-0.4, -0.2) is 48.9 Å². The number of sulfone groups is 1. The van der Waals surface area contributed by atoms with E-state index < -0.39 is 9.84 Å². The lowest BCUT2D eigenvalue weighted by Crippen LogP contribution is -2.35. The van der Waals surface area contributed by atoms with Crippen molar-refractivity contribution in [3.8, 4) is 10.6 Å². The number of likely N-dealkylation sites (tertiary alicyclic amines) is 1. The molecule has 1 aliphatic heterocycles. The molecule has 0 aliphatic carbocycles. The van der Waals surface area contributed by atoms with E-state index >= 15 is 0 Å². The van der Waals surface area contributed by atoms with Crippen LogP contribution in [0.15, 0.2) is 34.5 Å². The van der Waals surface area contributed by atoms with Gasteiger partial charge >= 0.3 is 0 Å². The summed E-state index contributed by atoms with van der Waals surface area (Å²) in [5.41, 5.74) is 1.98. The molecule has 1 aliphatic rings. The van der Waals surface area contributed by atoms with Crippen molar-refractivity contribution in [2.24, 2.45) is 0 Å². The summed E-state index contributed by atoms with van der Waals surface area (Å²) >= 11 is 1.59. The highest BCUT2D eigenvalue weighted by Crippen LogP contribution is 2.27. The van der Waals surface area contributed by atoms with Crippen LogP contribution in [0.25, 0.3) is 10.6 Å². The molecule has 1 atom stereocenters. The molecule has 0 amide bonds. The average Bonchev–Trinajstić information content (AvgIpc) is 2.97. The van der Waals surface area contributed by atoms with E-state index in [2.05, 4.69) is 10.3 Å². The topological polar surface area (TPSA) is 70.5 Å². The number of aromatic nitrogens is 1. The summed E-state index contributed by atoms with van der Waals surface area (Å²) in [6.45, 7) is 2.10. The molecule has 7 heteroatoms. The molecule has 26 heavy (non-hydrogen) atoms. The Morgan fingerprint density at radius 2 is 2.00 bits per heavy atom. The van der Waals surface area contributed by atoms with Crippen molar-refractivity contribution in [2.75, 3.05) is 19.4 Å². The highest BCUT2D eigenvalue weighted by atomic mass is 32.2. The van der Waals surface area contributed by atoms with Gasteiger partial charge in [0.05, 0.1) is 10.6 Å². The second-order valence-electron chi connectivity index (χ2n) is 6.93. The summed E-state index contributed by atoms with van der Waals surface area (Å²) in [7, 11) is -3.17. The molecule has 0 spiro atoms. The fourth-order valence-corrected chi connectivity index (χ4v) is 4.93. The Hall–Kier alpha value is -1.28. The number of nitrogens with zero attached hydrogens (tertiary/aromatic N) is 2. The van der Waals surface area contributed by atoms with E-state index in [0.717, 1.165) is 42.2 Å². The van der Waals surface area contributed by atoms with Gasteiger partial charge in [-0.1, -0.05) is 25.0 Å². The Balaban J connectivity index is 1.72. The minimum absolute atomic E-state index is 0.232. The Bertz CT molecular complexity index is 816. The Labute approximate surface area is 159 Å². The lowest BCUT2D eigenvalue weighted by atomic mass is 10.1. The maximum absolute atomic E-state index is 11.6. The summed E-state index contributed by atoms with van der Waals surface area (Å²) < 4.78 is 23.2. The highest BCUT2D eigenvalue weighted by Gasteiger charge is 2.21. The maximum Gasteiger partial charge on any atom is 0.175 e. The molecule has 0 radical (unpaired) electrons. The third kappa shape index (κ3) is 4.91. The molecule has 1 N–H and O–H groups in total. The zero-order chi connectivity index (χ0) is 18.6. The number of benzene rings is 1. The van der Waals surface area contributed by atoms with Crippen LogP contribution in [0, 0.1) is 0 Å². The number of aliphatic hydroxyl groups is 1. The lowest BCUT2D eigenvalue weighted by Gasteiger charge is -2.28. The summed E-state index contributed by atoms with van der Waals surface area (Å²) in [5.74, 6) is 0. The molecular weight excluding hydrogens is 368 g/mol. The van der Waals surface area contributed by atoms with E-state index in [1.807, 2.05) is 12.1 Å². The Morgan fingerprint density at radius 3 is 2.69 bits per heavy atom. The molecule has 1 aromatic heterocycles. The van der Waals surface area contributed by atoms with Crippen LogP contribution in [0.1, 0.15) is 37.8 Å². The maximum atomic E-state index is 11.6. The van der Waals surface area contributed by atoms with E-state index in [0.29, 0.717) is 10.9 Å². The van der Waals surface area contributed by atoms with Gasteiger partial charge in [-0.25, -0.2) is 13.4 Å². The van der Waals surface area contributed by atoms with Gasteiger partial charge in [0, 0.05) is 36.4 Å². The first-order valence-electron chi connectivity index (χ1n) is 9.07. The number of hydrogen-bond donors (Lipinski definition) is 1. The van der Waals surface area contributed by atoms with Gasteiger partial charge in [0.1, 0.15) is 5.01 Å². The van der Waals surface area contributed by atoms with E-state index in [-0.39, 0.29) is 6.61 Å². The smallest absolute Gasteiger partial charge is 0.175 e. The number of rotatable bonds is 6. The van der Waals surface area contributed by atoms with Crippen LogP contribution < -0.4 is 0 Å². The van der Waals surface area contributed by atoms with Gasteiger partial charge in [0.15, 0.2) is 9.84 Å². The van der Waals surface area contributed by atoms with Gasteiger partial charge < -0.3 is 5.11 Å². The van der Waals surface area contributed by atoms with Crippen molar-refractivity contribution in [3.63, 3.8) is 0 Å². The van der Waals surface area contributed by atoms with Gasteiger partial charge in [0.25, 0.3) is 0 Å². The normalized spacial score (nSPS) is 19.4. The fraction of sp³-hybridized carbons (Fsp3) is 0.526. The number of thiazole rings is 1. The zero-order valence-corrected chi connectivity index (χ0v) is 16.7. The first-order chi connectivity index (χ1) is 12.5. The van der Waals surface area contributed by atoms with Gasteiger partial charge in [-0.2, -0.15) is 0 Å². The predicted molar refractivity (Wildman–Crippen MR) is 105 cm³/mol. The fourth-order valence-electron chi connectivity index (χ4n) is 3.49. The van der Waals surface area contributed by atoms with Gasteiger partial charge in [-0.3, -0.25) is 4.90 Å². The molecular formula is C19H26N2O3S2. The van der Waals surface area contributed by atoms with Crippen LogP contribution >= 0.6 is 11.3 Å². The molecule has 0 bridgehead atoms. The third-order valence-electron chi connectivity index (χ3n) is 4.91. The molecule has 1 aromatic carbocycles. The van der Waals surface area contributed by atoms with Crippen LogP contribution in [0.2, 0.25) is 0 Å². The Morgan fingerprint density at radius 1 is 1.23 bits per heavy atom. The van der Waals surface area contributed by atoms with Crippen molar-refractivity contribution < 1.29 is 13.5 Å². The van der Waals surface area contributed by atoms with E-state index in [9.17, 15) is 13.5 Å². The van der Waals surface area contributed by atoms with Crippen molar-refractivity contribution in [1.82, 2.24) is 9.88 Å². The molecule has 142 valence electrons. The quantitative estimate of drug-likeness (QED) is 0.814. The number of hydrogen-bond acceptors (Lipinski definition) is 6. The molecule has 5 nitrogen and oxygen atoms in total. The van der Waals surface area contributed by atoms with Gasteiger partial charge in [0.2, 0.25) is 0 Å². The second kappa shape index (κ2) is 8.61. The van der Waals surface area contributed by atoms with Crippen molar-refractivity contribution in [3.05, 3.63) is 35.3 Å². The highest BCUT2D eigenvalue weighted by molar-refractivity contribution is 7.90. The standard InChI is InChI=1S/C19H26N2O3S2/c1-26(23,24)18-8-6-15(7-9-18)19-20-16(14-25-19)13-21-11-4-2-3-5-17(21)10-12-22/h6-9,14,17,22H,2-5,10-13H2,1H3.